The van der Waals surface area contributed by atoms with Crippen molar-refractivity contribution in [3.8, 4) is 0 Å². The standard InChI is InChI=1S/C10H17N5O2/c11-4-6-13-8-2-1-3-9(14-7-5-12)10(8)15(16)17/h1-3,13-14H,4-7,11-12H2. The largest absolute Gasteiger partial charge is 0.378 e. The summed E-state index contributed by atoms with van der Waals surface area (Å²) in [5.74, 6) is 0. The summed E-state index contributed by atoms with van der Waals surface area (Å²) in [6.07, 6.45) is 0. The normalized spacial score (nSPS) is 10.0. The quantitative estimate of drug-likeness (QED) is 0.402. The van der Waals surface area contributed by atoms with Gasteiger partial charge in [-0.05, 0) is 12.1 Å². The van der Waals surface area contributed by atoms with Gasteiger partial charge in [-0.1, -0.05) is 6.07 Å². The number of nitrogens with one attached hydrogen (secondary N) is 2. The minimum Gasteiger partial charge on any atom is -0.378 e. The molecule has 0 saturated heterocycles. The molecule has 6 N–H and O–H groups in total. The van der Waals surface area contributed by atoms with E-state index in [9.17, 15) is 10.1 Å². The van der Waals surface area contributed by atoms with Gasteiger partial charge in [0.1, 0.15) is 11.4 Å². The van der Waals surface area contributed by atoms with E-state index < -0.39 is 4.92 Å². The zero-order valence-electron chi connectivity index (χ0n) is 9.48. The van der Waals surface area contributed by atoms with Crippen molar-refractivity contribution < 1.29 is 4.92 Å². The summed E-state index contributed by atoms with van der Waals surface area (Å²) >= 11 is 0. The van der Waals surface area contributed by atoms with E-state index in [0.29, 0.717) is 37.6 Å². The zero-order valence-corrected chi connectivity index (χ0v) is 9.48. The molecule has 0 atom stereocenters. The zero-order chi connectivity index (χ0) is 12.7. The highest BCUT2D eigenvalue weighted by Crippen LogP contribution is 2.32. The first-order valence-corrected chi connectivity index (χ1v) is 5.36. The second kappa shape index (κ2) is 6.66. The van der Waals surface area contributed by atoms with Crippen LogP contribution in [0, 0.1) is 10.1 Å². The third-order valence-electron chi connectivity index (χ3n) is 2.14. The molecule has 0 saturated carbocycles. The van der Waals surface area contributed by atoms with Gasteiger partial charge in [0.2, 0.25) is 0 Å². The molecule has 0 spiro atoms. The van der Waals surface area contributed by atoms with Crippen LogP contribution in [0.25, 0.3) is 0 Å². The fourth-order valence-corrected chi connectivity index (χ4v) is 1.44. The Kier molecular flexibility index (Phi) is 5.18. The van der Waals surface area contributed by atoms with E-state index >= 15 is 0 Å². The molecule has 0 fully saturated rings. The first-order chi connectivity index (χ1) is 8.20. The summed E-state index contributed by atoms with van der Waals surface area (Å²) in [6.45, 7) is 1.80. The van der Waals surface area contributed by atoms with Crippen molar-refractivity contribution in [2.24, 2.45) is 11.5 Å². The van der Waals surface area contributed by atoms with E-state index in [1.165, 1.54) is 0 Å². The molecule has 0 heterocycles. The molecule has 17 heavy (non-hydrogen) atoms. The number of nitrogens with zero attached hydrogens (tertiary/aromatic N) is 1. The van der Waals surface area contributed by atoms with Crippen molar-refractivity contribution in [3.63, 3.8) is 0 Å². The third kappa shape index (κ3) is 3.58. The van der Waals surface area contributed by atoms with Crippen LogP contribution in [0.5, 0.6) is 0 Å². The summed E-state index contributed by atoms with van der Waals surface area (Å²) in [5.41, 5.74) is 11.7. The van der Waals surface area contributed by atoms with E-state index in [4.69, 9.17) is 11.5 Å². The van der Waals surface area contributed by atoms with Crippen molar-refractivity contribution in [1.82, 2.24) is 0 Å². The van der Waals surface area contributed by atoms with Gasteiger partial charge in [-0.2, -0.15) is 0 Å². The van der Waals surface area contributed by atoms with Crippen molar-refractivity contribution in [3.05, 3.63) is 28.3 Å². The van der Waals surface area contributed by atoms with Crippen LogP contribution in [-0.2, 0) is 0 Å². The van der Waals surface area contributed by atoms with Crippen LogP contribution in [0.3, 0.4) is 0 Å². The second-order valence-corrected chi connectivity index (χ2v) is 3.39. The number of nitrogens with two attached hydrogens (primary N) is 2. The monoisotopic (exact) mass is 239 g/mol. The second-order valence-electron chi connectivity index (χ2n) is 3.39. The van der Waals surface area contributed by atoms with Crippen LogP contribution >= 0.6 is 0 Å². The van der Waals surface area contributed by atoms with Crippen molar-refractivity contribution in [2.45, 2.75) is 0 Å². The summed E-state index contributed by atoms with van der Waals surface area (Å²) in [7, 11) is 0. The highest BCUT2D eigenvalue weighted by Gasteiger charge is 2.18. The van der Waals surface area contributed by atoms with Crippen molar-refractivity contribution in [2.75, 3.05) is 36.8 Å². The molecule has 0 aliphatic carbocycles. The van der Waals surface area contributed by atoms with Gasteiger partial charge in [-0.15, -0.1) is 0 Å². The van der Waals surface area contributed by atoms with Crippen LogP contribution < -0.4 is 22.1 Å². The number of para-hydroxylation sites is 1. The molecule has 1 aromatic rings. The Morgan fingerprint density at radius 2 is 1.59 bits per heavy atom. The summed E-state index contributed by atoms with van der Waals surface area (Å²) in [4.78, 5) is 10.6. The number of nitro groups is 1. The van der Waals surface area contributed by atoms with Gasteiger partial charge >= 0.3 is 5.69 Å². The Hall–Kier alpha value is -1.86. The average molecular weight is 239 g/mol. The molecule has 1 aromatic carbocycles. The number of rotatable bonds is 7. The molecule has 0 amide bonds. The van der Waals surface area contributed by atoms with Gasteiger partial charge in [0.05, 0.1) is 4.92 Å². The van der Waals surface area contributed by atoms with E-state index in [1.54, 1.807) is 18.2 Å². The molecule has 0 aliphatic heterocycles. The lowest BCUT2D eigenvalue weighted by Gasteiger charge is -2.10. The SMILES string of the molecule is NCCNc1cccc(NCCN)c1[N+](=O)[O-]. The topological polar surface area (TPSA) is 119 Å². The molecule has 0 unspecified atom stereocenters. The molecule has 7 heteroatoms. The fourth-order valence-electron chi connectivity index (χ4n) is 1.44. The maximum Gasteiger partial charge on any atom is 0.315 e. The Bertz CT molecular complexity index is 357. The van der Waals surface area contributed by atoms with E-state index in [-0.39, 0.29) is 5.69 Å². The Morgan fingerprint density at radius 3 is 1.94 bits per heavy atom. The van der Waals surface area contributed by atoms with E-state index in [2.05, 4.69) is 10.6 Å². The minimum atomic E-state index is -0.419. The van der Waals surface area contributed by atoms with Gasteiger partial charge in [-0.3, -0.25) is 10.1 Å². The van der Waals surface area contributed by atoms with Crippen LogP contribution in [0.4, 0.5) is 17.1 Å². The summed E-state index contributed by atoms with van der Waals surface area (Å²) < 4.78 is 0. The number of benzene rings is 1. The molecule has 1 rings (SSSR count). The lowest BCUT2D eigenvalue weighted by atomic mass is 10.2. The molecule has 0 aliphatic rings. The van der Waals surface area contributed by atoms with Crippen LogP contribution in [0.2, 0.25) is 0 Å². The molecule has 7 nitrogen and oxygen atoms in total. The lowest BCUT2D eigenvalue weighted by Crippen LogP contribution is -2.16. The number of hydrogen-bond donors (Lipinski definition) is 4. The van der Waals surface area contributed by atoms with Crippen LogP contribution in [-0.4, -0.2) is 31.1 Å². The number of hydrogen-bond acceptors (Lipinski definition) is 6. The van der Waals surface area contributed by atoms with E-state index in [1.807, 2.05) is 0 Å². The number of nitro benzene ring substituents is 1. The van der Waals surface area contributed by atoms with Gasteiger partial charge in [-0.25, -0.2) is 0 Å². The Balaban J connectivity index is 2.99. The predicted octanol–water partition coefficient (Wildman–Crippen LogP) is 0.336. The highest BCUT2D eigenvalue weighted by molar-refractivity contribution is 5.76. The molecular weight excluding hydrogens is 222 g/mol. The van der Waals surface area contributed by atoms with Crippen LogP contribution in [0.1, 0.15) is 0 Å². The van der Waals surface area contributed by atoms with Gasteiger partial charge in [0, 0.05) is 26.2 Å². The smallest absolute Gasteiger partial charge is 0.315 e. The summed E-state index contributed by atoms with van der Waals surface area (Å²) in [5, 5.41) is 16.9. The fraction of sp³-hybridized carbons (Fsp3) is 0.400. The maximum atomic E-state index is 11.0. The minimum absolute atomic E-state index is 0.0226. The lowest BCUT2D eigenvalue weighted by molar-refractivity contribution is -0.383. The first-order valence-electron chi connectivity index (χ1n) is 5.36. The molecule has 0 aromatic heterocycles. The van der Waals surface area contributed by atoms with Crippen LogP contribution in [0.15, 0.2) is 18.2 Å². The van der Waals surface area contributed by atoms with Gasteiger partial charge in [0.15, 0.2) is 0 Å². The molecule has 0 bridgehead atoms. The predicted molar refractivity (Wildman–Crippen MR) is 68.2 cm³/mol. The third-order valence-corrected chi connectivity index (χ3v) is 2.14. The molecular formula is C10H17N5O2. The number of anilines is 2. The first kappa shape index (κ1) is 13.2. The molecule has 94 valence electrons. The molecule has 0 radical (unpaired) electrons. The van der Waals surface area contributed by atoms with Gasteiger partial charge in [0.25, 0.3) is 0 Å². The average Bonchev–Trinajstić information content (AvgIpc) is 2.33. The highest BCUT2D eigenvalue weighted by atomic mass is 16.6. The Morgan fingerprint density at radius 1 is 1.12 bits per heavy atom. The maximum absolute atomic E-state index is 11.0. The van der Waals surface area contributed by atoms with Crippen molar-refractivity contribution >= 4 is 17.1 Å². The summed E-state index contributed by atoms with van der Waals surface area (Å²) in [6, 6.07) is 5.05. The van der Waals surface area contributed by atoms with E-state index in [0.717, 1.165) is 0 Å². The van der Waals surface area contributed by atoms with Crippen molar-refractivity contribution in [1.29, 1.82) is 0 Å². The Labute approximate surface area is 99.3 Å². The van der Waals surface area contributed by atoms with Gasteiger partial charge < -0.3 is 22.1 Å².